The molecule has 3 aromatic carbocycles. The highest BCUT2D eigenvalue weighted by Crippen LogP contribution is 2.31. The van der Waals surface area contributed by atoms with Gasteiger partial charge in [-0.1, -0.05) is 36.2 Å². The van der Waals surface area contributed by atoms with Crippen LogP contribution in [-0.4, -0.2) is 28.0 Å². The Morgan fingerprint density at radius 2 is 1.61 bits per heavy atom. The molecule has 0 unspecified atom stereocenters. The van der Waals surface area contributed by atoms with Crippen molar-refractivity contribution in [1.29, 1.82) is 0 Å². The number of esters is 1. The van der Waals surface area contributed by atoms with E-state index in [2.05, 4.69) is 4.72 Å². The maximum absolute atomic E-state index is 12.3. The summed E-state index contributed by atoms with van der Waals surface area (Å²) in [6.45, 7) is 2.18. The number of carbonyl (C=O) groups excluding carboxylic acids is 1. The minimum absolute atomic E-state index is 0.179. The van der Waals surface area contributed by atoms with Gasteiger partial charge in [-0.15, -0.1) is 0 Å². The highest BCUT2D eigenvalue weighted by molar-refractivity contribution is 7.89. The number of hydrogen-bond acceptors (Lipinski definition) is 7. The van der Waals surface area contributed by atoms with Crippen molar-refractivity contribution in [2.24, 2.45) is 0 Å². The van der Waals surface area contributed by atoms with E-state index in [1.54, 1.807) is 43.5 Å². The molecule has 0 aliphatic carbocycles. The van der Waals surface area contributed by atoms with E-state index in [4.69, 9.17) is 13.9 Å². The van der Waals surface area contributed by atoms with Gasteiger partial charge in [-0.05, 0) is 67.3 Å². The summed E-state index contributed by atoms with van der Waals surface area (Å²) in [5.41, 5.74) is 2.33. The number of methoxy groups -OCH3 is 1. The fraction of sp³-hybridized carbons (Fsp3) is 0.241. The molecule has 0 aliphatic rings. The zero-order chi connectivity index (χ0) is 27.1. The third-order valence-corrected chi connectivity index (χ3v) is 7.51. The van der Waals surface area contributed by atoms with Gasteiger partial charge < -0.3 is 13.9 Å². The summed E-state index contributed by atoms with van der Waals surface area (Å²) in [4.78, 5) is 24.7. The average Bonchev–Trinajstić information content (AvgIpc) is 2.90. The van der Waals surface area contributed by atoms with E-state index in [0.29, 0.717) is 41.5 Å². The number of aryl methyl sites for hydroxylation is 1. The van der Waals surface area contributed by atoms with Crippen molar-refractivity contribution < 1.29 is 27.1 Å². The number of carbonyl (C=O) groups is 1. The molecule has 4 aromatic rings. The molecule has 1 heterocycles. The van der Waals surface area contributed by atoms with Gasteiger partial charge in [0.1, 0.15) is 17.1 Å². The number of ether oxygens (including phenoxy) is 2. The summed E-state index contributed by atoms with van der Waals surface area (Å²) in [6.07, 6.45) is 1.98. The standard InChI is InChI=1S/C29H29NO7S/c1-20-7-14-24(15-8-20)38(33,34)30-17-5-3-4-6-28(31)36-23-13-16-25-26(19-29(32)37-27(25)18-23)21-9-11-22(35-2)12-10-21/h7-16,18-19,30H,3-6,17H2,1-2H3. The van der Waals surface area contributed by atoms with Gasteiger partial charge >= 0.3 is 11.6 Å². The summed E-state index contributed by atoms with van der Waals surface area (Å²) in [6, 6.07) is 20.4. The molecular weight excluding hydrogens is 506 g/mol. The first kappa shape index (κ1) is 27.1. The first-order valence-corrected chi connectivity index (χ1v) is 13.7. The number of nitrogens with one attached hydrogen (secondary N) is 1. The van der Waals surface area contributed by atoms with Crippen molar-refractivity contribution in [3.8, 4) is 22.6 Å². The van der Waals surface area contributed by atoms with Gasteiger partial charge in [0.05, 0.1) is 12.0 Å². The van der Waals surface area contributed by atoms with Crippen LogP contribution in [0.4, 0.5) is 0 Å². The Morgan fingerprint density at radius 3 is 2.32 bits per heavy atom. The van der Waals surface area contributed by atoms with E-state index in [-0.39, 0.29) is 23.6 Å². The van der Waals surface area contributed by atoms with Gasteiger partial charge in [-0.25, -0.2) is 17.9 Å². The van der Waals surface area contributed by atoms with Gasteiger partial charge in [-0.2, -0.15) is 0 Å². The van der Waals surface area contributed by atoms with Crippen LogP contribution in [0.5, 0.6) is 11.5 Å². The molecule has 8 nitrogen and oxygen atoms in total. The van der Waals surface area contributed by atoms with E-state index < -0.39 is 21.6 Å². The fourth-order valence-electron chi connectivity index (χ4n) is 3.98. The molecule has 0 radical (unpaired) electrons. The minimum atomic E-state index is -3.54. The molecule has 0 saturated carbocycles. The van der Waals surface area contributed by atoms with Crippen LogP contribution in [0.1, 0.15) is 31.2 Å². The smallest absolute Gasteiger partial charge is 0.336 e. The lowest BCUT2D eigenvalue weighted by Gasteiger charge is -2.09. The lowest BCUT2D eigenvalue weighted by Crippen LogP contribution is -2.24. The Labute approximate surface area is 221 Å². The molecular formula is C29H29NO7S. The van der Waals surface area contributed by atoms with Gasteiger partial charge in [-0.3, -0.25) is 4.79 Å². The van der Waals surface area contributed by atoms with E-state index in [1.165, 1.54) is 12.1 Å². The van der Waals surface area contributed by atoms with E-state index in [0.717, 1.165) is 11.1 Å². The lowest BCUT2D eigenvalue weighted by molar-refractivity contribution is -0.134. The number of sulfonamides is 1. The van der Waals surface area contributed by atoms with Crippen LogP contribution in [0.2, 0.25) is 0 Å². The highest BCUT2D eigenvalue weighted by atomic mass is 32.2. The van der Waals surface area contributed by atoms with Gasteiger partial charge in [0, 0.05) is 30.5 Å². The molecule has 0 atom stereocenters. The third kappa shape index (κ3) is 6.87. The monoisotopic (exact) mass is 535 g/mol. The quantitative estimate of drug-likeness (QED) is 0.121. The largest absolute Gasteiger partial charge is 0.497 e. The topological polar surface area (TPSA) is 112 Å². The number of benzene rings is 3. The van der Waals surface area contributed by atoms with Gasteiger partial charge in [0.25, 0.3) is 0 Å². The third-order valence-electron chi connectivity index (χ3n) is 6.03. The molecule has 4 rings (SSSR count). The number of fused-ring (bicyclic) bond motifs is 1. The molecule has 0 bridgehead atoms. The fourth-order valence-corrected chi connectivity index (χ4v) is 5.05. The van der Waals surface area contributed by atoms with Crippen LogP contribution < -0.4 is 19.8 Å². The van der Waals surface area contributed by atoms with E-state index in [1.807, 2.05) is 31.2 Å². The van der Waals surface area contributed by atoms with E-state index >= 15 is 0 Å². The Bertz CT molecular complexity index is 1570. The number of unbranched alkanes of at least 4 members (excludes halogenated alkanes) is 2. The molecule has 198 valence electrons. The lowest BCUT2D eigenvalue weighted by atomic mass is 10.0. The summed E-state index contributed by atoms with van der Waals surface area (Å²) >= 11 is 0. The van der Waals surface area contributed by atoms with Crippen molar-refractivity contribution in [2.45, 2.75) is 37.5 Å². The van der Waals surface area contributed by atoms with Crippen LogP contribution in [0, 0.1) is 6.92 Å². The molecule has 0 spiro atoms. The summed E-state index contributed by atoms with van der Waals surface area (Å²) in [5, 5.41) is 0.711. The van der Waals surface area contributed by atoms with E-state index in [9.17, 15) is 18.0 Å². The maximum atomic E-state index is 12.3. The Morgan fingerprint density at radius 1 is 0.895 bits per heavy atom. The second kappa shape index (κ2) is 12.1. The molecule has 0 fully saturated rings. The molecule has 9 heteroatoms. The van der Waals surface area contributed by atoms with Gasteiger partial charge in [0.15, 0.2) is 0 Å². The van der Waals surface area contributed by atoms with Crippen molar-refractivity contribution in [3.05, 3.63) is 88.8 Å². The minimum Gasteiger partial charge on any atom is -0.497 e. The van der Waals surface area contributed by atoms with Crippen LogP contribution >= 0.6 is 0 Å². The van der Waals surface area contributed by atoms with Gasteiger partial charge in [0.2, 0.25) is 10.0 Å². The van der Waals surface area contributed by atoms with Crippen molar-refractivity contribution >= 4 is 27.0 Å². The highest BCUT2D eigenvalue weighted by Gasteiger charge is 2.14. The van der Waals surface area contributed by atoms with Crippen LogP contribution in [0.15, 0.2) is 86.9 Å². The summed E-state index contributed by atoms with van der Waals surface area (Å²) < 4.78 is 43.2. The molecule has 0 aliphatic heterocycles. The zero-order valence-corrected chi connectivity index (χ0v) is 22.0. The second-order valence-electron chi connectivity index (χ2n) is 8.86. The molecule has 1 N–H and O–H groups in total. The van der Waals surface area contributed by atoms with Crippen molar-refractivity contribution in [3.63, 3.8) is 0 Å². The zero-order valence-electron chi connectivity index (χ0n) is 21.2. The normalized spacial score (nSPS) is 11.4. The summed E-state index contributed by atoms with van der Waals surface area (Å²) in [7, 11) is -1.96. The molecule has 38 heavy (non-hydrogen) atoms. The molecule has 0 amide bonds. The number of hydrogen-bond donors (Lipinski definition) is 1. The number of rotatable bonds is 11. The summed E-state index contributed by atoms with van der Waals surface area (Å²) in [5.74, 6) is 0.570. The maximum Gasteiger partial charge on any atom is 0.336 e. The predicted molar refractivity (Wildman–Crippen MR) is 145 cm³/mol. The van der Waals surface area contributed by atoms with Crippen LogP contribution in [0.25, 0.3) is 22.1 Å². The predicted octanol–water partition coefficient (Wildman–Crippen LogP) is 5.22. The second-order valence-corrected chi connectivity index (χ2v) is 10.6. The average molecular weight is 536 g/mol. The van der Waals surface area contributed by atoms with Crippen molar-refractivity contribution in [1.82, 2.24) is 4.72 Å². The Hall–Kier alpha value is -3.95. The molecule has 1 aromatic heterocycles. The SMILES string of the molecule is COc1ccc(-c2cc(=O)oc3cc(OC(=O)CCCCCNS(=O)(=O)c4ccc(C)cc4)ccc23)cc1. The molecule has 0 saturated heterocycles. The van der Waals surface area contributed by atoms with Crippen LogP contribution in [0.3, 0.4) is 0 Å². The van der Waals surface area contributed by atoms with Crippen LogP contribution in [-0.2, 0) is 14.8 Å². The Balaban J connectivity index is 1.29. The Kier molecular flexibility index (Phi) is 8.60. The first-order valence-electron chi connectivity index (χ1n) is 12.2. The first-order chi connectivity index (χ1) is 18.2. The van der Waals surface area contributed by atoms with Crippen molar-refractivity contribution in [2.75, 3.05) is 13.7 Å².